The van der Waals surface area contributed by atoms with E-state index in [0.29, 0.717) is 44.1 Å². The largest absolute Gasteiger partial charge is 0.466 e. The molecule has 1 aliphatic heterocycles. The van der Waals surface area contributed by atoms with Crippen molar-refractivity contribution in [2.75, 3.05) is 25.0 Å². The van der Waals surface area contributed by atoms with Gasteiger partial charge in [0.05, 0.1) is 12.5 Å². The van der Waals surface area contributed by atoms with Gasteiger partial charge >= 0.3 is 5.97 Å². The molecule has 0 atom stereocenters. The molecule has 0 bridgehead atoms. The van der Waals surface area contributed by atoms with E-state index < -0.39 is 5.91 Å². The van der Waals surface area contributed by atoms with Crippen molar-refractivity contribution in [1.82, 2.24) is 4.90 Å². The van der Waals surface area contributed by atoms with Gasteiger partial charge in [-0.15, -0.1) is 0 Å². The molecule has 0 aliphatic carbocycles. The Morgan fingerprint density at radius 3 is 2.44 bits per heavy atom. The van der Waals surface area contributed by atoms with Gasteiger partial charge < -0.3 is 15.0 Å². The van der Waals surface area contributed by atoms with E-state index in [1.807, 2.05) is 35.2 Å². The molecule has 1 heterocycles. The molecule has 1 aliphatic rings. The third-order valence-electron chi connectivity index (χ3n) is 4.66. The van der Waals surface area contributed by atoms with Crippen molar-refractivity contribution >= 4 is 17.6 Å². The minimum Gasteiger partial charge on any atom is -0.466 e. The van der Waals surface area contributed by atoms with E-state index in [0.717, 1.165) is 0 Å². The number of hydrogen-bond acceptors (Lipinski definition) is 5. The lowest BCUT2D eigenvalue weighted by molar-refractivity contribution is -0.149. The maximum absolute atomic E-state index is 12.4. The molecule has 1 N–H and O–H groups in total. The Labute approximate surface area is 160 Å². The smallest absolute Gasteiger partial charge is 0.309 e. The highest BCUT2D eigenvalue weighted by atomic mass is 16.5. The van der Waals surface area contributed by atoms with Crippen LogP contribution in [0.1, 0.15) is 45.1 Å². The summed E-state index contributed by atoms with van der Waals surface area (Å²) in [7, 11) is 0. The molecule has 0 spiro atoms. The fraction of sp³-hybridized carbons (Fsp3) is 0.476. The molecule has 1 saturated heterocycles. The van der Waals surface area contributed by atoms with Crippen molar-refractivity contribution in [2.24, 2.45) is 5.92 Å². The average molecular weight is 369 g/mol. The van der Waals surface area contributed by atoms with E-state index in [2.05, 4.69) is 19.2 Å². The predicted molar refractivity (Wildman–Crippen MR) is 104 cm³/mol. The molecule has 1 aromatic rings. The normalized spacial score (nSPS) is 15.4. The van der Waals surface area contributed by atoms with Gasteiger partial charge in [-0.2, -0.15) is 5.26 Å². The number of esters is 1. The number of ether oxygens (including phenoxy) is 1. The number of anilines is 1. The maximum atomic E-state index is 12.4. The minimum atomic E-state index is -0.428. The molecular formula is C21H27N3O3. The second kappa shape index (κ2) is 9.77. The summed E-state index contributed by atoms with van der Waals surface area (Å²) in [5.41, 5.74) is 1.90. The Morgan fingerprint density at radius 1 is 1.30 bits per heavy atom. The number of nitriles is 1. The molecule has 144 valence electrons. The highest BCUT2D eigenvalue weighted by Crippen LogP contribution is 2.20. The molecule has 0 aromatic heterocycles. The van der Waals surface area contributed by atoms with E-state index in [4.69, 9.17) is 4.74 Å². The lowest BCUT2D eigenvalue weighted by Crippen LogP contribution is -2.34. The third kappa shape index (κ3) is 5.85. The van der Waals surface area contributed by atoms with Crippen LogP contribution in [0.4, 0.5) is 5.69 Å². The Bertz CT molecular complexity index is 724. The molecular weight excluding hydrogens is 342 g/mol. The number of nitrogens with zero attached hydrogens (tertiary/aromatic N) is 2. The van der Waals surface area contributed by atoms with Crippen LogP contribution in [0.2, 0.25) is 0 Å². The number of amides is 1. The van der Waals surface area contributed by atoms with Crippen LogP contribution in [-0.4, -0.2) is 36.5 Å². The second-order valence-corrected chi connectivity index (χ2v) is 6.95. The zero-order valence-electron chi connectivity index (χ0n) is 16.2. The van der Waals surface area contributed by atoms with Crippen LogP contribution in [0.5, 0.6) is 0 Å². The first-order valence-electron chi connectivity index (χ1n) is 9.38. The Hall–Kier alpha value is -2.81. The van der Waals surface area contributed by atoms with Gasteiger partial charge in [0.1, 0.15) is 11.6 Å². The molecule has 27 heavy (non-hydrogen) atoms. The van der Waals surface area contributed by atoms with Crippen LogP contribution in [0.3, 0.4) is 0 Å². The number of hydrogen-bond donors (Lipinski definition) is 1. The second-order valence-electron chi connectivity index (χ2n) is 6.95. The number of likely N-dealkylation sites (tertiary alicyclic amines) is 1. The predicted octanol–water partition coefficient (Wildman–Crippen LogP) is 3.43. The topological polar surface area (TPSA) is 82.4 Å². The highest BCUT2D eigenvalue weighted by molar-refractivity contribution is 6.06. The molecule has 0 unspecified atom stereocenters. The fourth-order valence-electron chi connectivity index (χ4n) is 2.99. The number of rotatable bonds is 6. The summed E-state index contributed by atoms with van der Waals surface area (Å²) < 4.78 is 5.06. The first kappa shape index (κ1) is 20.5. The monoisotopic (exact) mass is 369 g/mol. The number of carbonyl (C=O) groups excluding carboxylic acids is 2. The lowest BCUT2D eigenvalue weighted by atomic mass is 9.97. The SMILES string of the molecule is CCOC(=O)C1CCN(/C=C(/C#N)C(=O)Nc2ccc(C(C)C)cc2)CC1. The lowest BCUT2D eigenvalue weighted by Gasteiger charge is -2.30. The first-order chi connectivity index (χ1) is 12.9. The van der Waals surface area contributed by atoms with Crippen LogP contribution >= 0.6 is 0 Å². The van der Waals surface area contributed by atoms with Gasteiger partial charge in [0.25, 0.3) is 5.91 Å². The van der Waals surface area contributed by atoms with Gasteiger partial charge in [0, 0.05) is 25.0 Å². The van der Waals surface area contributed by atoms with E-state index in [1.165, 1.54) is 5.56 Å². The summed E-state index contributed by atoms with van der Waals surface area (Å²) in [5.74, 6) is -0.276. The summed E-state index contributed by atoms with van der Waals surface area (Å²) in [6, 6.07) is 9.59. The van der Waals surface area contributed by atoms with Crippen LogP contribution in [-0.2, 0) is 14.3 Å². The summed E-state index contributed by atoms with van der Waals surface area (Å²) in [4.78, 5) is 26.1. The number of nitrogens with one attached hydrogen (secondary N) is 1. The van der Waals surface area contributed by atoms with Crippen LogP contribution < -0.4 is 5.32 Å². The maximum Gasteiger partial charge on any atom is 0.309 e. The van der Waals surface area contributed by atoms with Gasteiger partial charge in [-0.25, -0.2) is 0 Å². The number of benzene rings is 1. The summed E-state index contributed by atoms with van der Waals surface area (Å²) in [6.45, 7) is 7.63. The zero-order valence-corrected chi connectivity index (χ0v) is 16.2. The average Bonchev–Trinajstić information content (AvgIpc) is 2.67. The van der Waals surface area contributed by atoms with E-state index in [1.54, 1.807) is 13.1 Å². The quantitative estimate of drug-likeness (QED) is 0.472. The van der Waals surface area contributed by atoms with Crippen molar-refractivity contribution in [3.63, 3.8) is 0 Å². The molecule has 0 radical (unpaired) electrons. The van der Waals surface area contributed by atoms with E-state index in [9.17, 15) is 14.9 Å². The van der Waals surface area contributed by atoms with Gasteiger partial charge in [-0.05, 0) is 43.4 Å². The Kier molecular flexibility index (Phi) is 7.42. The standard InChI is InChI=1S/C21H27N3O3/c1-4-27-21(26)17-9-11-24(12-10-17)14-18(13-22)20(25)23-19-7-5-16(6-8-19)15(2)3/h5-8,14-15,17H,4,9-12H2,1-3H3,(H,23,25)/b18-14-. The van der Waals surface area contributed by atoms with Gasteiger partial charge in [0.15, 0.2) is 0 Å². The number of carbonyl (C=O) groups is 2. The summed E-state index contributed by atoms with van der Waals surface area (Å²) in [6.07, 6.45) is 2.90. The molecule has 0 saturated carbocycles. The molecule has 6 heteroatoms. The van der Waals surface area contributed by atoms with Crippen molar-refractivity contribution in [2.45, 2.75) is 39.5 Å². The highest BCUT2D eigenvalue weighted by Gasteiger charge is 2.25. The summed E-state index contributed by atoms with van der Waals surface area (Å²) in [5, 5.41) is 12.1. The van der Waals surface area contributed by atoms with Crippen LogP contribution in [0.25, 0.3) is 0 Å². The van der Waals surface area contributed by atoms with Crippen molar-refractivity contribution in [3.8, 4) is 6.07 Å². The Balaban J connectivity index is 1.94. The van der Waals surface area contributed by atoms with Crippen molar-refractivity contribution in [1.29, 1.82) is 5.26 Å². The molecule has 1 amide bonds. The van der Waals surface area contributed by atoms with Gasteiger partial charge in [-0.1, -0.05) is 26.0 Å². The van der Waals surface area contributed by atoms with Crippen LogP contribution in [0.15, 0.2) is 36.0 Å². The Morgan fingerprint density at radius 2 is 1.93 bits per heavy atom. The van der Waals surface area contributed by atoms with E-state index >= 15 is 0 Å². The molecule has 1 aromatic carbocycles. The summed E-state index contributed by atoms with van der Waals surface area (Å²) >= 11 is 0. The number of piperidine rings is 1. The fourth-order valence-corrected chi connectivity index (χ4v) is 2.99. The van der Waals surface area contributed by atoms with Crippen molar-refractivity contribution < 1.29 is 14.3 Å². The van der Waals surface area contributed by atoms with Crippen molar-refractivity contribution in [3.05, 3.63) is 41.6 Å². The molecule has 6 nitrogen and oxygen atoms in total. The molecule has 2 rings (SSSR count). The zero-order chi connectivity index (χ0) is 19.8. The van der Waals surface area contributed by atoms with Gasteiger partial charge in [0.2, 0.25) is 0 Å². The van der Waals surface area contributed by atoms with Gasteiger partial charge in [-0.3, -0.25) is 9.59 Å². The molecule has 1 fully saturated rings. The van der Waals surface area contributed by atoms with Crippen LogP contribution in [0, 0.1) is 17.2 Å². The third-order valence-corrected chi connectivity index (χ3v) is 4.66. The minimum absolute atomic E-state index is 0.0533. The van der Waals surface area contributed by atoms with E-state index in [-0.39, 0.29) is 17.5 Å². The first-order valence-corrected chi connectivity index (χ1v) is 9.38.